The summed E-state index contributed by atoms with van der Waals surface area (Å²) in [6, 6.07) is 2.28. The Morgan fingerprint density at radius 3 is 2.63 bits per heavy atom. The Bertz CT molecular complexity index is 637. The molecule has 0 fully saturated rings. The van der Waals surface area contributed by atoms with Gasteiger partial charge >= 0.3 is 0 Å². The molecule has 1 aromatic rings. The third kappa shape index (κ3) is 3.07. The van der Waals surface area contributed by atoms with Crippen molar-refractivity contribution in [3.05, 3.63) is 34.1 Å². The first-order valence-electron chi connectivity index (χ1n) is 5.22. The van der Waals surface area contributed by atoms with E-state index in [0.29, 0.717) is 6.07 Å². The van der Waals surface area contributed by atoms with Crippen molar-refractivity contribution in [1.29, 1.82) is 0 Å². The number of terminal acetylenes is 1. The summed E-state index contributed by atoms with van der Waals surface area (Å²) in [4.78, 5) is 9.29. The SMILES string of the molecule is C#CCN(CC)S(=O)(=O)c1ccc(F)cc1[N+](=O)[O-]. The highest BCUT2D eigenvalue weighted by atomic mass is 32.2. The summed E-state index contributed by atoms with van der Waals surface area (Å²) in [5.74, 6) is 1.27. The van der Waals surface area contributed by atoms with Gasteiger partial charge in [-0.05, 0) is 12.1 Å². The molecule has 102 valence electrons. The molecule has 0 aliphatic heterocycles. The van der Waals surface area contributed by atoms with Gasteiger partial charge in [-0.15, -0.1) is 6.42 Å². The van der Waals surface area contributed by atoms with Gasteiger partial charge in [0.05, 0.1) is 17.5 Å². The number of benzene rings is 1. The number of nitro benzene ring substituents is 1. The van der Waals surface area contributed by atoms with Crippen LogP contribution >= 0.6 is 0 Å². The van der Waals surface area contributed by atoms with E-state index in [1.54, 1.807) is 6.92 Å². The molecule has 0 spiro atoms. The van der Waals surface area contributed by atoms with Crippen molar-refractivity contribution in [2.24, 2.45) is 0 Å². The molecule has 0 unspecified atom stereocenters. The van der Waals surface area contributed by atoms with E-state index in [1.165, 1.54) is 0 Å². The van der Waals surface area contributed by atoms with Gasteiger partial charge in [-0.2, -0.15) is 4.31 Å². The van der Waals surface area contributed by atoms with Crippen molar-refractivity contribution in [1.82, 2.24) is 4.31 Å². The molecule has 1 rings (SSSR count). The first-order chi connectivity index (χ1) is 8.84. The Labute approximate surface area is 110 Å². The van der Waals surface area contributed by atoms with Crippen molar-refractivity contribution < 1.29 is 17.7 Å². The molecule has 6 nitrogen and oxygen atoms in total. The van der Waals surface area contributed by atoms with Gasteiger partial charge in [0.2, 0.25) is 0 Å². The van der Waals surface area contributed by atoms with Gasteiger partial charge in [0.1, 0.15) is 5.82 Å². The van der Waals surface area contributed by atoms with E-state index in [1.807, 2.05) is 0 Å². The zero-order valence-electron chi connectivity index (χ0n) is 10.0. The smallest absolute Gasteiger partial charge is 0.258 e. The van der Waals surface area contributed by atoms with Gasteiger partial charge in [-0.1, -0.05) is 12.8 Å². The lowest BCUT2D eigenvalue weighted by atomic mass is 10.3. The van der Waals surface area contributed by atoms with E-state index in [0.717, 1.165) is 16.4 Å². The maximum Gasteiger partial charge on any atom is 0.292 e. The highest BCUT2D eigenvalue weighted by molar-refractivity contribution is 7.89. The number of halogens is 1. The zero-order chi connectivity index (χ0) is 14.6. The Morgan fingerprint density at radius 1 is 1.53 bits per heavy atom. The van der Waals surface area contributed by atoms with Crippen LogP contribution < -0.4 is 0 Å². The average molecular weight is 286 g/mol. The summed E-state index contributed by atoms with van der Waals surface area (Å²) in [6.07, 6.45) is 5.05. The molecule has 0 amide bonds. The van der Waals surface area contributed by atoms with E-state index in [9.17, 15) is 22.9 Å². The van der Waals surface area contributed by atoms with Crippen molar-refractivity contribution in [2.45, 2.75) is 11.8 Å². The van der Waals surface area contributed by atoms with Crippen LogP contribution in [0.1, 0.15) is 6.92 Å². The fourth-order valence-corrected chi connectivity index (χ4v) is 2.96. The first kappa shape index (κ1) is 15.1. The topological polar surface area (TPSA) is 80.5 Å². The standard InChI is InChI=1S/C11H11FN2O4S/c1-3-7-13(4-2)19(17,18)11-6-5-9(12)8-10(11)14(15)16/h1,5-6,8H,4,7H2,2H3. The number of nitrogens with zero attached hydrogens (tertiary/aromatic N) is 2. The zero-order valence-corrected chi connectivity index (χ0v) is 10.9. The second-order valence-corrected chi connectivity index (χ2v) is 5.41. The fourth-order valence-electron chi connectivity index (χ4n) is 1.46. The Balaban J connectivity index is 3.45. The molecule has 0 aliphatic carbocycles. The molecular formula is C11H11FN2O4S. The van der Waals surface area contributed by atoms with Crippen LogP contribution in [0.2, 0.25) is 0 Å². The lowest BCUT2D eigenvalue weighted by Gasteiger charge is -2.17. The molecule has 0 saturated carbocycles. The third-order valence-corrected chi connectivity index (χ3v) is 4.32. The van der Waals surface area contributed by atoms with Crippen LogP contribution in [0.25, 0.3) is 0 Å². The monoisotopic (exact) mass is 286 g/mol. The Morgan fingerprint density at radius 2 is 2.16 bits per heavy atom. The van der Waals surface area contributed by atoms with Crippen molar-refractivity contribution >= 4 is 15.7 Å². The van der Waals surface area contributed by atoms with Gasteiger partial charge in [0.15, 0.2) is 4.90 Å². The van der Waals surface area contributed by atoms with Crippen molar-refractivity contribution in [3.63, 3.8) is 0 Å². The third-order valence-electron chi connectivity index (χ3n) is 2.36. The molecule has 0 bridgehead atoms. The number of rotatable bonds is 5. The lowest BCUT2D eigenvalue weighted by molar-refractivity contribution is -0.388. The van der Waals surface area contributed by atoms with Gasteiger partial charge in [-0.3, -0.25) is 10.1 Å². The predicted octanol–water partition coefficient (Wildman–Crippen LogP) is 1.38. The maximum absolute atomic E-state index is 13.0. The highest BCUT2D eigenvalue weighted by Gasteiger charge is 2.30. The molecule has 8 heteroatoms. The van der Waals surface area contributed by atoms with Crippen LogP contribution in [-0.4, -0.2) is 30.7 Å². The normalized spacial score (nSPS) is 11.3. The molecule has 19 heavy (non-hydrogen) atoms. The number of nitro groups is 1. The largest absolute Gasteiger partial charge is 0.292 e. The predicted molar refractivity (Wildman–Crippen MR) is 66.3 cm³/mol. The van der Waals surface area contributed by atoms with E-state index in [2.05, 4.69) is 5.92 Å². The average Bonchev–Trinajstić information content (AvgIpc) is 2.35. The van der Waals surface area contributed by atoms with Gasteiger partial charge in [0.25, 0.3) is 15.7 Å². The molecule has 0 aromatic heterocycles. The summed E-state index contributed by atoms with van der Waals surface area (Å²) < 4.78 is 38.3. The van der Waals surface area contributed by atoms with Crippen LogP contribution in [0, 0.1) is 28.3 Å². The van der Waals surface area contributed by atoms with Crippen LogP contribution in [0.3, 0.4) is 0 Å². The number of hydrogen-bond acceptors (Lipinski definition) is 4. The van der Waals surface area contributed by atoms with Gasteiger partial charge < -0.3 is 0 Å². The number of hydrogen-bond donors (Lipinski definition) is 0. The highest BCUT2D eigenvalue weighted by Crippen LogP contribution is 2.27. The molecular weight excluding hydrogens is 275 g/mol. The lowest BCUT2D eigenvalue weighted by Crippen LogP contribution is -2.31. The van der Waals surface area contributed by atoms with Crippen LogP contribution in [0.15, 0.2) is 23.1 Å². The minimum absolute atomic E-state index is 0.0566. The molecule has 0 N–H and O–H groups in total. The second kappa shape index (κ2) is 5.77. The van der Waals surface area contributed by atoms with Crippen LogP contribution in [0.4, 0.5) is 10.1 Å². The van der Waals surface area contributed by atoms with E-state index < -0.39 is 31.3 Å². The van der Waals surface area contributed by atoms with E-state index >= 15 is 0 Å². The molecule has 0 aliphatic rings. The summed E-state index contributed by atoms with van der Waals surface area (Å²) in [7, 11) is -4.12. The fraction of sp³-hybridized carbons (Fsp3) is 0.273. The maximum atomic E-state index is 13.0. The molecule has 0 radical (unpaired) electrons. The quantitative estimate of drug-likeness (QED) is 0.465. The minimum Gasteiger partial charge on any atom is -0.258 e. The van der Waals surface area contributed by atoms with Crippen LogP contribution in [-0.2, 0) is 10.0 Å². The molecule has 0 atom stereocenters. The summed E-state index contributed by atoms with van der Waals surface area (Å²) in [5.41, 5.74) is -0.810. The van der Waals surface area contributed by atoms with E-state index in [4.69, 9.17) is 6.42 Å². The second-order valence-electron chi connectivity index (χ2n) is 3.50. The van der Waals surface area contributed by atoms with Gasteiger partial charge in [-0.25, -0.2) is 12.8 Å². The van der Waals surface area contributed by atoms with Crippen molar-refractivity contribution in [3.8, 4) is 12.3 Å². The summed E-state index contributed by atoms with van der Waals surface area (Å²) >= 11 is 0. The van der Waals surface area contributed by atoms with Crippen molar-refractivity contribution in [2.75, 3.05) is 13.1 Å². The van der Waals surface area contributed by atoms with Gasteiger partial charge in [0, 0.05) is 6.54 Å². The Kier molecular flexibility index (Phi) is 4.58. The van der Waals surface area contributed by atoms with Crippen LogP contribution in [0.5, 0.6) is 0 Å². The Hall–Kier alpha value is -1.98. The molecule has 1 aromatic carbocycles. The minimum atomic E-state index is -4.12. The molecule has 0 heterocycles. The summed E-state index contributed by atoms with van der Waals surface area (Å²) in [6.45, 7) is 1.39. The summed E-state index contributed by atoms with van der Waals surface area (Å²) in [5, 5.41) is 10.8. The molecule has 0 saturated heterocycles. The van der Waals surface area contributed by atoms with E-state index in [-0.39, 0.29) is 13.1 Å². The number of sulfonamides is 1. The first-order valence-corrected chi connectivity index (χ1v) is 6.66.